The molecule has 108 valence electrons. The van der Waals surface area contributed by atoms with Gasteiger partial charge in [0.05, 0.1) is 16.1 Å². The van der Waals surface area contributed by atoms with Crippen molar-refractivity contribution in [2.24, 2.45) is 0 Å². The van der Waals surface area contributed by atoms with Crippen LogP contribution in [-0.2, 0) is 4.74 Å². The fourth-order valence-electron chi connectivity index (χ4n) is 2.20. The van der Waals surface area contributed by atoms with Gasteiger partial charge in [0.15, 0.2) is 0 Å². The summed E-state index contributed by atoms with van der Waals surface area (Å²) in [6.45, 7) is 0.376. The van der Waals surface area contributed by atoms with E-state index in [0.29, 0.717) is 6.54 Å². The SMILES string of the molecule is COC1(CNC(=O)c2cccc([N+](=O)[O-])c2Cl)CCC1. The van der Waals surface area contributed by atoms with E-state index in [1.54, 1.807) is 7.11 Å². The van der Waals surface area contributed by atoms with Crippen molar-refractivity contribution in [2.75, 3.05) is 13.7 Å². The van der Waals surface area contributed by atoms with Crippen molar-refractivity contribution in [3.8, 4) is 0 Å². The third-order valence-electron chi connectivity index (χ3n) is 3.69. The van der Waals surface area contributed by atoms with Gasteiger partial charge in [0.2, 0.25) is 0 Å². The minimum atomic E-state index is -0.609. The number of benzene rings is 1. The molecule has 1 N–H and O–H groups in total. The van der Waals surface area contributed by atoms with Crippen molar-refractivity contribution in [1.29, 1.82) is 0 Å². The summed E-state index contributed by atoms with van der Waals surface area (Å²) in [7, 11) is 1.62. The zero-order valence-electron chi connectivity index (χ0n) is 11.0. The monoisotopic (exact) mass is 298 g/mol. The molecule has 0 aliphatic heterocycles. The van der Waals surface area contributed by atoms with E-state index in [9.17, 15) is 14.9 Å². The molecular weight excluding hydrogens is 284 g/mol. The summed E-state index contributed by atoms with van der Waals surface area (Å²) in [5.74, 6) is -0.429. The topological polar surface area (TPSA) is 81.5 Å². The molecule has 0 radical (unpaired) electrons. The van der Waals surface area contributed by atoms with E-state index in [1.165, 1.54) is 18.2 Å². The Morgan fingerprint density at radius 1 is 1.55 bits per heavy atom. The van der Waals surface area contributed by atoms with E-state index in [0.717, 1.165) is 19.3 Å². The molecule has 2 rings (SSSR count). The lowest BCUT2D eigenvalue weighted by molar-refractivity contribution is -0.384. The van der Waals surface area contributed by atoms with Crippen LogP contribution in [0, 0.1) is 10.1 Å². The van der Waals surface area contributed by atoms with Crippen LogP contribution < -0.4 is 5.32 Å². The van der Waals surface area contributed by atoms with E-state index in [1.807, 2.05) is 0 Å². The second-order valence-electron chi connectivity index (χ2n) is 4.82. The van der Waals surface area contributed by atoms with E-state index in [-0.39, 0.29) is 21.9 Å². The van der Waals surface area contributed by atoms with Crippen molar-refractivity contribution in [3.05, 3.63) is 38.9 Å². The van der Waals surface area contributed by atoms with Crippen LogP contribution in [0.5, 0.6) is 0 Å². The second-order valence-corrected chi connectivity index (χ2v) is 5.20. The lowest BCUT2D eigenvalue weighted by Gasteiger charge is -2.40. The molecule has 1 aromatic rings. The lowest BCUT2D eigenvalue weighted by atomic mass is 9.80. The molecule has 1 fully saturated rings. The van der Waals surface area contributed by atoms with Crippen LogP contribution in [0.25, 0.3) is 0 Å². The second kappa shape index (κ2) is 5.76. The van der Waals surface area contributed by atoms with Gasteiger partial charge in [-0.25, -0.2) is 0 Å². The zero-order chi connectivity index (χ0) is 14.8. The molecule has 0 aromatic heterocycles. The van der Waals surface area contributed by atoms with E-state index >= 15 is 0 Å². The van der Waals surface area contributed by atoms with Crippen LogP contribution in [0.4, 0.5) is 5.69 Å². The summed E-state index contributed by atoms with van der Waals surface area (Å²) >= 11 is 5.90. The number of halogens is 1. The number of amides is 1. The maximum atomic E-state index is 12.1. The molecule has 1 aliphatic rings. The van der Waals surface area contributed by atoms with Crippen LogP contribution in [0.3, 0.4) is 0 Å². The Morgan fingerprint density at radius 3 is 2.75 bits per heavy atom. The molecule has 0 saturated heterocycles. The van der Waals surface area contributed by atoms with Gasteiger partial charge in [-0.15, -0.1) is 0 Å². The fourth-order valence-corrected chi connectivity index (χ4v) is 2.48. The van der Waals surface area contributed by atoms with E-state index < -0.39 is 10.8 Å². The van der Waals surface area contributed by atoms with Gasteiger partial charge in [0, 0.05) is 19.7 Å². The molecule has 1 aliphatic carbocycles. The summed E-state index contributed by atoms with van der Waals surface area (Å²) in [6, 6.07) is 4.17. The lowest BCUT2D eigenvalue weighted by Crippen LogP contribution is -2.49. The normalized spacial score (nSPS) is 16.3. The predicted octanol–water partition coefficient (Wildman–Crippen LogP) is 2.55. The maximum absolute atomic E-state index is 12.1. The third kappa shape index (κ3) is 2.76. The van der Waals surface area contributed by atoms with Crippen molar-refractivity contribution in [3.63, 3.8) is 0 Å². The minimum Gasteiger partial charge on any atom is -0.376 e. The highest BCUT2D eigenvalue weighted by Gasteiger charge is 2.37. The highest BCUT2D eigenvalue weighted by Crippen LogP contribution is 2.34. The number of carbonyl (C=O) groups excluding carboxylic acids is 1. The minimum absolute atomic E-state index is 0.103. The van der Waals surface area contributed by atoms with E-state index in [2.05, 4.69) is 5.32 Å². The first kappa shape index (κ1) is 14.7. The van der Waals surface area contributed by atoms with Crippen LogP contribution in [0.2, 0.25) is 5.02 Å². The predicted molar refractivity (Wildman–Crippen MR) is 74.0 cm³/mol. The van der Waals surface area contributed by atoms with Gasteiger partial charge in [-0.2, -0.15) is 0 Å². The third-order valence-corrected chi connectivity index (χ3v) is 4.09. The summed E-state index contributed by atoms with van der Waals surface area (Å²) in [6.07, 6.45) is 2.86. The number of nitrogens with one attached hydrogen (secondary N) is 1. The molecule has 6 nitrogen and oxygen atoms in total. The molecule has 0 heterocycles. The van der Waals surface area contributed by atoms with Gasteiger partial charge in [-0.05, 0) is 25.3 Å². The van der Waals surface area contributed by atoms with Crippen molar-refractivity contribution in [1.82, 2.24) is 5.32 Å². The molecule has 0 bridgehead atoms. The number of ether oxygens (including phenoxy) is 1. The first-order chi connectivity index (χ1) is 9.49. The Bertz CT molecular complexity index is 538. The fraction of sp³-hybridized carbons (Fsp3) is 0.462. The first-order valence-electron chi connectivity index (χ1n) is 6.25. The Morgan fingerprint density at radius 2 is 2.25 bits per heavy atom. The molecule has 7 heteroatoms. The number of carbonyl (C=O) groups is 1. The zero-order valence-corrected chi connectivity index (χ0v) is 11.8. The number of rotatable bonds is 5. The quantitative estimate of drug-likeness (QED) is 0.669. The van der Waals surface area contributed by atoms with Crippen LogP contribution in [0.1, 0.15) is 29.6 Å². The van der Waals surface area contributed by atoms with Gasteiger partial charge in [0.25, 0.3) is 11.6 Å². The van der Waals surface area contributed by atoms with Crippen molar-refractivity contribution < 1.29 is 14.5 Å². The van der Waals surface area contributed by atoms with Gasteiger partial charge in [-0.3, -0.25) is 14.9 Å². The van der Waals surface area contributed by atoms with Gasteiger partial charge < -0.3 is 10.1 Å². The number of hydrogen-bond acceptors (Lipinski definition) is 4. The number of nitro benzene ring substituents is 1. The van der Waals surface area contributed by atoms with Crippen LogP contribution in [0.15, 0.2) is 18.2 Å². The molecule has 0 atom stereocenters. The number of methoxy groups -OCH3 is 1. The molecule has 1 amide bonds. The molecule has 0 spiro atoms. The Balaban J connectivity index is 2.10. The van der Waals surface area contributed by atoms with Crippen molar-refractivity contribution in [2.45, 2.75) is 24.9 Å². The molecule has 20 heavy (non-hydrogen) atoms. The Labute approximate surface area is 121 Å². The molecule has 0 unspecified atom stereocenters. The Hall–Kier alpha value is -1.66. The number of nitro groups is 1. The van der Waals surface area contributed by atoms with E-state index in [4.69, 9.17) is 16.3 Å². The first-order valence-corrected chi connectivity index (χ1v) is 6.63. The van der Waals surface area contributed by atoms with Gasteiger partial charge >= 0.3 is 0 Å². The van der Waals surface area contributed by atoms with Gasteiger partial charge in [-0.1, -0.05) is 17.7 Å². The van der Waals surface area contributed by atoms with Crippen LogP contribution in [-0.4, -0.2) is 30.1 Å². The molecule has 1 aromatic carbocycles. The average molecular weight is 299 g/mol. The molecular formula is C13H15ClN2O4. The number of nitrogens with zero attached hydrogens (tertiary/aromatic N) is 1. The summed E-state index contributed by atoms with van der Waals surface area (Å²) in [4.78, 5) is 22.2. The van der Waals surface area contributed by atoms with Crippen LogP contribution >= 0.6 is 11.6 Å². The number of hydrogen-bond donors (Lipinski definition) is 1. The summed E-state index contributed by atoms with van der Waals surface area (Å²) < 4.78 is 5.40. The molecule has 1 saturated carbocycles. The smallest absolute Gasteiger partial charge is 0.288 e. The highest BCUT2D eigenvalue weighted by molar-refractivity contribution is 6.35. The van der Waals surface area contributed by atoms with Gasteiger partial charge in [0.1, 0.15) is 5.02 Å². The highest BCUT2D eigenvalue weighted by atomic mass is 35.5. The standard InChI is InChI=1S/C13H15ClN2O4/c1-20-13(6-3-7-13)8-15-12(17)9-4-2-5-10(11(9)14)16(18)19/h2,4-5H,3,6-8H2,1H3,(H,15,17). The Kier molecular flexibility index (Phi) is 4.25. The summed E-state index contributed by atoms with van der Waals surface area (Å²) in [5.41, 5.74) is -0.473. The summed E-state index contributed by atoms with van der Waals surface area (Å²) in [5, 5.41) is 13.4. The maximum Gasteiger partial charge on any atom is 0.288 e. The average Bonchev–Trinajstić information content (AvgIpc) is 2.37. The largest absolute Gasteiger partial charge is 0.376 e. The van der Waals surface area contributed by atoms with Crippen molar-refractivity contribution >= 4 is 23.2 Å².